The largest absolute Gasteiger partial charge is 0.442 e. The number of oxazole rings is 1. The van der Waals surface area contributed by atoms with Gasteiger partial charge in [0.05, 0.1) is 15.3 Å². The second kappa shape index (κ2) is 4.14. The number of rotatable bonds is 2. The van der Waals surface area contributed by atoms with E-state index in [0.29, 0.717) is 11.5 Å². The van der Waals surface area contributed by atoms with E-state index < -0.39 is 0 Å². The van der Waals surface area contributed by atoms with Crippen LogP contribution in [0.3, 0.4) is 0 Å². The summed E-state index contributed by atoms with van der Waals surface area (Å²) < 4.78 is 7.17. The van der Waals surface area contributed by atoms with E-state index in [4.69, 9.17) is 9.52 Å². The van der Waals surface area contributed by atoms with E-state index in [9.17, 15) is 0 Å². The minimum absolute atomic E-state index is 0.112. The third kappa shape index (κ3) is 1.79. The van der Waals surface area contributed by atoms with Gasteiger partial charge >= 0.3 is 0 Å². The minimum atomic E-state index is -0.112. The topological polar surface area (TPSA) is 46.3 Å². The molecule has 2 rings (SSSR count). The Labute approximate surface area is 101 Å². The summed E-state index contributed by atoms with van der Waals surface area (Å²) in [7, 11) is 0. The number of aromatic nitrogens is 1. The van der Waals surface area contributed by atoms with Crippen molar-refractivity contribution >= 4 is 43.2 Å². The molecule has 0 bridgehead atoms. The molecule has 0 aliphatic rings. The van der Waals surface area contributed by atoms with Gasteiger partial charge in [0, 0.05) is 4.47 Å². The summed E-state index contributed by atoms with van der Waals surface area (Å²) in [6, 6.07) is 1.93. The van der Waals surface area contributed by atoms with E-state index in [1.807, 2.05) is 6.07 Å². The van der Waals surface area contributed by atoms with Gasteiger partial charge in [0.15, 0.2) is 12.2 Å². The first-order valence-corrected chi connectivity index (χ1v) is 6.11. The maximum absolute atomic E-state index is 9.00. The number of aliphatic hydroxyl groups excluding tert-OH is 1. The van der Waals surface area contributed by atoms with Gasteiger partial charge in [0.1, 0.15) is 5.69 Å². The quantitative estimate of drug-likeness (QED) is 0.912. The molecule has 0 saturated heterocycles. The molecule has 0 spiro atoms. The lowest BCUT2D eigenvalue weighted by Gasteiger charge is -1.92. The fourth-order valence-corrected chi connectivity index (χ4v) is 3.09. The van der Waals surface area contributed by atoms with Crippen molar-refractivity contribution < 1.29 is 9.52 Å². The third-order valence-electron chi connectivity index (χ3n) is 1.66. The Hall–Kier alpha value is -0.170. The average molecular weight is 339 g/mol. The molecular formula is C8H5Br2NO2S. The van der Waals surface area contributed by atoms with Gasteiger partial charge in [-0.05, 0) is 37.9 Å². The van der Waals surface area contributed by atoms with Crippen molar-refractivity contribution in [3.8, 4) is 10.6 Å². The molecule has 0 unspecified atom stereocenters. The Morgan fingerprint density at radius 3 is 2.86 bits per heavy atom. The number of hydrogen-bond donors (Lipinski definition) is 1. The molecule has 2 aromatic rings. The van der Waals surface area contributed by atoms with Crippen LogP contribution in [0.5, 0.6) is 0 Å². The summed E-state index contributed by atoms with van der Waals surface area (Å²) in [6.45, 7) is -0.112. The molecule has 0 fully saturated rings. The SMILES string of the molecule is OCc1ncoc1-c1cc(Br)c(Br)s1. The van der Waals surface area contributed by atoms with Gasteiger partial charge in [-0.3, -0.25) is 0 Å². The standard InChI is InChI=1S/C8H5Br2NO2S/c9-4-1-6(14-8(4)10)7-5(2-12)11-3-13-7/h1,3,12H,2H2. The highest BCUT2D eigenvalue weighted by Gasteiger charge is 2.14. The van der Waals surface area contributed by atoms with Crippen molar-refractivity contribution in [1.82, 2.24) is 4.98 Å². The van der Waals surface area contributed by atoms with Crippen LogP contribution in [-0.2, 0) is 6.61 Å². The van der Waals surface area contributed by atoms with E-state index in [1.54, 1.807) is 0 Å². The van der Waals surface area contributed by atoms with E-state index in [0.717, 1.165) is 13.1 Å². The van der Waals surface area contributed by atoms with Crippen LogP contribution in [0.2, 0.25) is 0 Å². The Morgan fingerprint density at radius 2 is 2.29 bits per heavy atom. The lowest BCUT2D eigenvalue weighted by atomic mass is 10.3. The van der Waals surface area contributed by atoms with Crippen LogP contribution in [0, 0.1) is 0 Å². The predicted octanol–water partition coefficient (Wildman–Crippen LogP) is 3.42. The molecule has 3 nitrogen and oxygen atoms in total. The van der Waals surface area contributed by atoms with Crippen LogP contribution < -0.4 is 0 Å². The van der Waals surface area contributed by atoms with Gasteiger partial charge < -0.3 is 9.52 Å². The first-order valence-electron chi connectivity index (χ1n) is 3.70. The highest BCUT2D eigenvalue weighted by molar-refractivity contribution is 9.13. The normalized spacial score (nSPS) is 10.8. The van der Waals surface area contributed by atoms with Gasteiger partial charge in [0.2, 0.25) is 0 Å². The van der Waals surface area contributed by atoms with Crippen LogP contribution in [0.25, 0.3) is 10.6 Å². The minimum Gasteiger partial charge on any atom is -0.442 e. The van der Waals surface area contributed by atoms with Gasteiger partial charge in [0.25, 0.3) is 0 Å². The fraction of sp³-hybridized carbons (Fsp3) is 0.125. The zero-order valence-corrected chi connectivity index (χ0v) is 10.8. The highest BCUT2D eigenvalue weighted by Crippen LogP contribution is 2.39. The van der Waals surface area contributed by atoms with Crippen molar-refractivity contribution in [2.24, 2.45) is 0 Å². The average Bonchev–Trinajstić information content (AvgIpc) is 2.73. The molecule has 0 aliphatic heterocycles. The zero-order chi connectivity index (χ0) is 10.1. The van der Waals surface area contributed by atoms with E-state index in [-0.39, 0.29) is 6.61 Å². The maximum Gasteiger partial charge on any atom is 0.181 e. The van der Waals surface area contributed by atoms with Crippen molar-refractivity contribution in [1.29, 1.82) is 0 Å². The second-order valence-electron chi connectivity index (χ2n) is 2.52. The Balaban J connectivity index is 2.49. The summed E-state index contributed by atoms with van der Waals surface area (Å²) in [5.74, 6) is 0.629. The molecule has 0 amide bonds. The number of thiophene rings is 1. The first-order chi connectivity index (χ1) is 6.72. The summed E-state index contributed by atoms with van der Waals surface area (Å²) in [4.78, 5) is 4.84. The smallest absolute Gasteiger partial charge is 0.181 e. The third-order valence-corrected chi connectivity index (χ3v) is 4.91. The summed E-state index contributed by atoms with van der Waals surface area (Å²) in [6.07, 6.45) is 1.34. The first kappa shape index (κ1) is 10.4. The Morgan fingerprint density at radius 1 is 1.50 bits per heavy atom. The monoisotopic (exact) mass is 337 g/mol. The van der Waals surface area contributed by atoms with Crippen molar-refractivity contribution in [2.45, 2.75) is 6.61 Å². The number of nitrogens with zero attached hydrogens (tertiary/aromatic N) is 1. The molecule has 74 valence electrons. The zero-order valence-electron chi connectivity index (χ0n) is 6.83. The molecule has 14 heavy (non-hydrogen) atoms. The lowest BCUT2D eigenvalue weighted by molar-refractivity contribution is 0.277. The molecule has 0 aromatic carbocycles. The molecule has 0 saturated carbocycles. The molecule has 2 heterocycles. The molecule has 1 N–H and O–H groups in total. The maximum atomic E-state index is 9.00. The fourth-order valence-electron chi connectivity index (χ4n) is 1.04. The van der Waals surface area contributed by atoms with Gasteiger partial charge in [-0.25, -0.2) is 4.98 Å². The van der Waals surface area contributed by atoms with Gasteiger partial charge in [-0.1, -0.05) is 0 Å². The van der Waals surface area contributed by atoms with Crippen LogP contribution >= 0.6 is 43.2 Å². The summed E-state index contributed by atoms with van der Waals surface area (Å²) >= 11 is 8.31. The van der Waals surface area contributed by atoms with Crippen molar-refractivity contribution in [3.05, 3.63) is 26.4 Å². The summed E-state index contributed by atoms with van der Waals surface area (Å²) in [5.41, 5.74) is 0.561. The van der Waals surface area contributed by atoms with Gasteiger partial charge in [-0.15, -0.1) is 11.3 Å². The Kier molecular flexibility index (Phi) is 3.06. The summed E-state index contributed by atoms with van der Waals surface area (Å²) in [5, 5.41) is 9.00. The van der Waals surface area contributed by atoms with E-state index >= 15 is 0 Å². The number of aliphatic hydroxyl groups is 1. The van der Waals surface area contributed by atoms with Crippen molar-refractivity contribution in [3.63, 3.8) is 0 Å². The second-order valence-corrected chi connectivity index (χ2v) is 5.74. The van der Waals surface area contributed by atoms with E-state index in [1.165, 1.54) is 17.7 Å². The lowest BCUT2D eigenvalue weighted by Crippen LogP contribution is -1.84. The van der Waals surface area contributed by atoms with Crippen LogP contribution in [0.15, 0.2) is 25.1 Å². The molecule has 0 radical (unpaired) electrons. The van der Waals surface area contributed by atoms with Gasteiger partial charge in [-0.2, -0.15) is 0 Å². The van der Waals surface area contributed by atoms with E-state index in [2.05, 4.69) is 36.8 Å². The molecule has 2 aromatic heterocycles. The predicted molar refractivity (Wildman–Crippen MR) is 61.1 cm³/mol. The van der Waals surface area contributed by atoms with Crippen LogP contribution in [0.1, 0.15) is 5.69 Å². The van der Waals surface area contributed by atoms with Crippen LogP contribution in [0.4, 0.5) is 0 Å². The van der Waals surface area contributed by atoms with Crippen molar-refractivity contribution in [2.75, 3.05) is 0 Å². The number of halogens is 2. The molecule has 6 heteroatoms. The molecular weight excluding hydrogens is 334 g/mol. The Bertz CT molecular complexity index is 432. The highest BCUT2D eigenvalue weighted by atomic mass is 79.9. The van der Waals surface area contributed by atoms with Crippen LogP contribution in [-0.4, -0.2) is 10.1 Å². The molecule has 0 atom stereocenters. The number of hydrogen-bond acceptors (Lipinski definition) is 4. The molecule has 0 aliphatic carbocycles.